The van der Waals surface area contributed by atoms with Gasteiger partial charge in [-0.25, -0.2) is 9.37 Å². The molecule has 4 rings (SSSR count). The molecule has 2 heterocycles. The summed E-state index contributed by atoms with van der Waals surface area (Å²) in [5.41, 5.74) is 1.31. The Hall–Kier alpha value is -2.97. The number of anilines is 2. The summed E-state index contributed by atoms with van der Waals surface area (Å²) >= 11 is 0. The van der Waals surface area contributed by atoms with Gasteiger partial charge in [0.2, 0.25) is 11.7 Å². The van der Waals surface area contributed by atoms with Crippen molar-refractivity contribution in [1.82, 2.24) is 20.5 Å². The van der Waals surface area contributed by atoms with Gasteiger partial charge in [0.1, 0.15) is 23.4 Å². The summed E-state index contributed by atoms with van der Waals surface area (Å²) in [4.78, 5) is 29.2. The molecular weight excluding hydrogens is 363 g/mol. The van der Waals surface area contributed by atoms with Gasteiger partial charge in [-0.1, -0.05) is 25.7 Å². The molecule has 2 aromatic rings. The van der Waals surface area contributed by atoms with Crippen molar-refractivity contribution >= 4 is 23.2 Å². The summed E-state index contributed by atoms with van der Waals surface area (Å²) < 4.78 is 14.1. The first-order valence-corrected chi connectivity index (χ1v) is 9.56. The van der Waals surface area contributed by atoms with E-state index < -0.39 is 23.7 Å². The number of halogens is 1. The van der Waals surface area contributed by atoms with Crippen molar-refractivity contribution in [2.75, 3.05) is 17.2 Å². The number of hydrogen-bond acceptors (Lipinski definition) is 5. The summed E-state index contributed by atoms with van der Waals surface area (Å²) in [7, 11) is 0. The molecule has 1 aromatic carbocycles. The summed E-state index contributed by atoms with van der Waals surface area (Å²) in [6.07, 6.45) is 5.59. The number of carbonyl (C=O) groups excluding carboxylic acids is 2. The van der Waals surface area contributed by atoms with Crippen LogP contribution in [0.2, 0.25) is 0 Å². The third-order valence-electron chi connectivity index (χ3n) is 5.29. The number of carbonyl (C=O) groups is 2. The molecule has 148 valence electrons. The van der Waals surface area contributed by atoms with E-state index in [1.807, 2.05) is 0 Å². The van der Waals surface area contributed by atoms with Crippen LogP contribution in [0.15, 0.2) is 12.1 Å². The Bertz CT molecular complexity index is 906. The number of aromatic amines is 1. The summed E-state index contributed by atoms with van der Waals surface area (Å²) in [6.45, 7) is 1.90. The van der Waals surface area contributed by atoms with Crippen LogP contribution < -0.4 is 16.0 Å². The first kappa shape index (κ1) is 18.4. The molecule has 0 radical (unpaired) electrons. The Labute approximate surface area is 161 Å². The van der Waals surface area contributed by atoms with Crippen molar-refractivity contribution in [2.45, 2.75) is 45.1 Å². The zero-order valence-electron chi connectivity index (χ0n) is 15.6. The first-order valence-electron chi connectivity index (χ1n) is 9.56. The minimum atomic E-state index is -0.878. The van der Waals surface area contributed by atoms with E-state index in [1.165, 1.54) is 31.7 Å². The van der Waals surface area contributed by atoms with Gasteiger partial charge >= 0.3 is 0 Å². The van der Waals surface area contributed by atoms with Crippen LogP contribution in [0.1, 0.15) is 47.7 Å². The number of aryl methyl sites for hydroxylation is 1. The number of H-pyrrole nitrogens is 1. The van der Waals surface area contributed by atoms with Crippen LogP contribution in [-0.4, -0.2) is 39.6 Å². The zero-order valence-corrected chi connectivity index (χ0v) is 15.6. The van der Waals surface area contributed by atoms with Gasteiger partial charge in [0.05, 0.1) is 5.69 Å². The van der Waals surface area contributed by atoms with Crippen molar-refractivity contribution < 1.29 is 14.0 Å². The van der Waals surface area contributed by atoms with Gasteiger partial charge in [0.15, 0.2) is 0 Å². The second kappa shape index (κ2) is 7.57. The van der Waals surface area contributed by atoms with Crippen LogP contribution in [0, 0.1) is 18.7 Å². The summed E-state index contributed by atoms with van der Waals surface area (Å²) in [6, 6.07) is 2.21. The van der Waals surface area contributed by atoms with E-state index >= 15 is 0 Å². The molecule has 0 bridgehead atoms. The molecule has 0 spiro atoms. The molecule has 2 aliphatic rings. The van der Waals surface area contributed by atoms with Gasteiger partial charge in [0, 0.05) is 13.0 Å². The fraction of sp³-hybridized carbons (Fsp3) is 0.474. The second-order valence-electron chi connectivity index (χ2n) is 7.53. The van der Waals surface area contributed by atoms with E-state index in [2.05, 4.69) is 31.1 Å². The lowest BCUT2D eigenvalue weighted by Crippen LogP contribution is -2.47. The highest BCUT2D eigenvalue weighted by molar-refractivity contribution is 6.03. The Kier molecular flexibility index (Phi) is 4.97. The highest BCUT2D eigenvalue weighted by Gasteiger charge is 2.28. The van der Waals surface area contributed by atoms with Gasteiger partial charge in [-0.2, -0.15) is 0 Å². The number of aromatic nitrogens is 3. The van der Waals surface area contributed by atoms with Gasteiger partial charge in [-0.05, 0) is 30.5 Å². The topological polar surface area (TPSA) is 112 Å². The minimum absolute atomic E-state index is 0.00424. The molecule has 8 nitrogen and oxygen atoms in total. The van der Waals surface area contributed by atoms with E-state index in [4.69, 9.17) is 0 Å². The number of benzene rings is 1. The number of rotatable bonds is 4. The highest BCUT2D eigenvalue weighted by Crippen LogP contribution is 2.29. The quantitative estimate of drug-likeness (QED) is 0.643. The lowest BCUT2D eigenvalue weighted by atomic mass is 10.0. The molecule has 0 saturated heterocycles. The largest absolute Gasteiger partial charge is 0.381 e. The maximum absolute atomic E-state index is 14.1. The van der Waals surface area contributed by atoms with E-state index in [0.717, 1.165) is 12.0 Å². The molecule has 28 heavy (non-hydrogen) atoms. The van der Waals surface area contributed by atoms with Crippen molar-refractivity contribution in [2.24, 2.45) is 5.92 Å². The van der Waals surface area contributed by atoms with Crippen molar-refractivity contribution in [3.8, 4) is 0 Å². The molecular formula is C19H23FN6O2. The third-order valence-corrected chi connectivity index (χ3v) is 5.29. The smallest absolute Gasteiger partial charge is 0.291 e. The fourth-order valence-electron chi connectivity index (χ4n) is 3.84. The predicted molar refractivity (Wildman–Crippen MR) is 102 cm³/mol. The monoisotopic (exact) mass is 386 g/mol. The van der Waals surface area contributed by atoms with Gasteiger partial charge in [0.25, 0.3) is 5.91 Å². The predicted octanol–water partition coefficient (Wildman–Crippen LogP) is 2.15. The van der Waals surface area contributed by atoms with E-state index in [0.29, 0.717) is 17.4 Å². The molecule has 1 aliphatic carbocycles. The number of fused-ring (bicyclic) bond motifs is 1. The fourth-order valence-corrected chi connectivity index (χ4v) is 3.84. The van der Waals surface area contributed by atoms with Crippen LogP contribution in [-0.2, 0) is 11.2 Å². The van der Waals surface area contributed by atoms with E-state index in [1.54, 1.807) is 13.0 Å². The molecule has 1 fully saturated rings. The van der Waals surface area contributed by atoms with Crippen molar-refractivity contribution in [3.63, 3.8) is 0 Å². The van der Waals surface area contributed by atoms with Crippen LogP contribution in [0.5, 0.6) is 0 Å². The molecule has 1 atom stereocenters. The molecule has 1 unspecified atom stereocenters. The van der Waals surface area contributed by atoms with Crippen LogP contribution >= 0.6 is 0 Å². The third kappa shape index (κ3) is 3.83. The number of hydrogen-bond donors (Lipinski definition) is 4. The summed E-state index contributed by atoms with van der Waals surface area (Å²) in [5.74, 6) is -0.288. The lowest BCUT2D eigenvalue weighted by molar-refractivity contribution is -0.117. The zero-order chi connectivity index (χ0) is 19.7. The van der Waals surface area contributed by atoms with Crippen molar-refractivity contribution in [3.05, 3.63) is 35.2 Å². The molecule has 9 heteroatoms. The standard InChI is InChI=1S/C19H23FN6O2/c1-10-6-12(20)16-13(7-10)21-9-14(18(27)24-16)22-19(28)17-23-15(25-26-17)8-11-4-2-3-5-11/h6-7,11,14,21H,2-5,8-9H2,1H3,(H,22,28)(H,24,27)(H,23,25,26). The van der Waals surface area contributed by atoms with Gasteiger partial charge < -0.3 is 16.0 Å². The minimum Gasteiger partial charge on any atom is -0.381 e. The molecule has 1 aromatic heterocycles. The Balaban J connectivity index is 1.41. The SMILES string of the molecule is Cc1cc(F)c2c(c1)NCC(NC(=O)c1n[nH]c(CC3CCCC3)n1)C(=O)N2. The van der Waals surface area contributed by atoms with Gasteiger partial charge in [-0.15, -0.1) is 5.10 Å². The molecule has 1 aliphatic heterocycles. The van der Waals surface area contributed by atoms with Gasteiger partial charge in [-0.3, -0.25) is 14.7 Å². The normalized spacial score (nSPS) is 19.5. The molecule has 4 N–H and O–H groups in total. The Morgan fingerprint density at radius 3 is 2.89 bits per heavy atom. The number of nitrogens with zero attached hydrogens (tertiary/aromatic N) is 2. The Morgan fingerprint density at radius 1 is 1.32 bits per heavy atom. The second-order valence-corrected chi connectivity index (χ2v) is 7.53. The van der Waals surface area contributed by atoms with Crippen LogP contribution in [0.4, 0.5) is 15.8 Å². The van der Waals surface area contributed by atoms with Crippen molar-refractivity contribution in [1.29, 1.82) is 0 Å². The number of amides is 2. The highest BCUT2D eigenvalue weighted by atomic mass is 19.1. The van der Waals surface area contributed by atoms with E-state index in [9.17, 15) is 14.0 Å². The summed E-state index contributed by atoms with van der Waals surface area (Å²) in [5, 5.41) is 15.0. The first-order chi connectivity index (χ1) is 13.5. The Morgan fingerprint density at radius 2 is 2.11 bits per heavy atom. The van der Waals surface area contributed by atoms with Crippen LogP contribution in [0.25, 0.3) is 0 Å². The lowest BCUT2D eigenvalue weighted by Gasteiger charge is -2.14. The van der Waals surface area contributed by atoms with Crippen LogP contribution in [0.3, 0.4) is 0 Å². The molecule has 2 amide bonds. The average molecular weight is 386 g/mol. The van der Waals surface area contributed by atoms with E-state index in [-0.39, 0.29) is 18.1 Å². The maximum atomic E-state index is 14.1. The maximum Gasteiger partial charge on any atom is 0.291 e. The molecule has 1 saturated carbocycles. The number of nitrogens with one attached hydrogen (secondary N) is 4. The average Bonchev–Trinajstić information content (AvgIpc) is 3.30.